The highest BCUT2D eigenvalue weighted by molar-refractivity contribution is 9.10. The first-order chi connectivity index (χ1) is 5.79. The molecule has 2 rings (SSSR count). The van der Waals surface area contributed by atoms with Crippen molar-refractivity contribution in [1.82, 2.24) is 4.98 Å². The average molecular weight is 224 g/mol. The van der Waals surface area contributed by atoms with Gasteiger partial charge in [0.25, 0.3) is 0 Å². The highest BCUT2D eigenvalue weighted by Gasteiger charge is 2.01. The summed E-state index contributed by atoms with van der Waals surface area (Å²) in [5.41, 5.74) is 1.63. The lowest BCUT2D eigenvalue weighted by molar-refractivity contribution is 0.589. The molecule has 1 aromatic heterocycles. The van der Waals surface area contributed by atoms with Crippen molar-refractivity contribution in [2.24, 2.45) is 0 Å². The van der Waals surface area contributed by atoms with Crippen molar-refractivity contribution < 1.29 is 4.42 Å². The van der Waals surface area contributed by atoms with Crippen LogP contribution in [0.2, 0.25) is 0 Å². The van der Waals surface area contributed by atoms with E-state index in [2.05, 4.69) is 27.5 Å². The van der Waals surface area contributed by atoms with Gasteiger partial charge >= 0.3 is 0 Å². The van der Waals surface area contributed by atoms with E-state index in [1.54, 1.807) is 6.08 Å². The molecule has 0 saturated heterocycles. The molecule has 2 nitrogen and oxygen atoms in total. The van der Waals surface area contributed by atoms with E-state index in [9.17, 15) is 0 Å². The van der Waals surface area contributed by atoms with Gasteiger partial charge in [0.05, 0.1) is 0 Å². The fourth-order valence-electron chi connectivity index (χ4n) is 1.01. The SMILES string of the molecule is C=Cc1nc2cc(Br)ccc2o1. The molecule has 0 aliphatic carbocycles. The smallest absolute Gasteiger partial charge is 0.219 e. The molecule has 12 heavy (non-hydrogen) atoms. The molecule has 2 aromatic rings. The van der Waals surface area contributed by atoms with E-state index in [-0.39, 0.29) is 0 Å². The molecule has 1 aromatic carbocycles. The molecule has 0 saturated carbocycles. The van der Waals surface area contributed by atoms with Gasteiger partial charge in [0.2, 0.25) is 5.89 Å². The second-order valence-corrected chi connectivity index (χ2v) is 3.28. The number of aromatic nitrogens is 1. The topological polar surface area (TPSA) is 26.0 Å². The van der Waals surface area contributed by atoms with Crippen LogP contribution in [0.1, 0.15) is 5.89 Å². The zero-order chi connectivity index (χ0) is 8.55. The van der Waals surface area contributed by atoms with Crippen LogP contribution >= 0.6 is 15.9 Å². The van der Waals surface area contributed by atoms with E-state index < -0.39 is 0 Å². The largest absolute Gasteiger partial charge is 0.437 e. The van der Waals surface area contributed by atoms with E-state index >= 15 is 0 Å². The summed E-state index contributed by atoms with van der Waals surface area (Å²) >= 11 is 3.36. The van der Waals surface area contributed by atoms with Gasteiger partial charge in [-0.25, -0.2) is 4.98 Å². The Labute approximate surface area is 78.0 Å². The lowest BCUT2D eigenvalue weighted by Crippen LogP contribution is -1.68. The van der Waals surface area contributed by atoms with Crippen LogP contribution in [-0.4, -0.2) is 4.98 Å². The highest BCUT2D eigenvalue weighted by atomic mass is 79.9. The number of oxazole rings is 1. The number of nitrogens with zero attached hydrogens (tertiary/aromatic N) is 1. The highest BCUT2D eigenvalue weighted by Crippen LogP contribution is 2.20. The fourth-order valence-corrected chi connectivity index (χ4v) is 1.35. The summed E-state index contributed by atoms with van der Waals surface area (Å²) in [7, 11) is 0. The normalized spacial score (nSPS) is 10.4. The van der Waals surface area contributed by atoms with Crippen LogP contribution in [0.5, 0.6) is 0 Å². The third-order valence-corrected chi connectivity index (χ3v) is 2.03. The summed E-state index contributed by atoms with van der Waals surface area (Å²) in [4.78, 5) is 4.18. The average Bonchev–Trinajstić information content (AvgIpc) is 2.46. The minimum absolute atomic E-state index is 0.558. The maximum absolute atomic E-state index is 5.32. The molecule has 0 atom stereocenters. The number of fused-ring (bicyclic) bond motifs is 1. The van der Waals surface area contributed by atoms with Gasteiger partial charge < -0.3 is 4.42 Å². The molecule has 0 amide bonds. The molecular formula is C9H6BrNO. The molecule has 0 radical (unpaired) electrons. The van der Waals surface area contributed by atoms with Crippen LogP contribution < -0.4 is 0 Å². The Morgan fingerprint density at radius 2 is 2.33 bits per heavy atom. The maximum atomic E-state index is 5.32. The Morgan fingerprint density at radius 1 is 1.50 bits per heavy atom. The van der Waals surface area contributed by atoms with Gasteiger partial charge in [0.1, 0.15) is 5.52 Å². The molecule has 1 heterocycles. The van der Waals surface area contributed by atoms with Crippen molar-refractivity contribution in [3.63, 3.8) is 0 Å². The number of benzene rings is 1. The number of rotatable bonds is 1. The van der Waals surface area contributed by atoms with Crippen molar-refractivity contribution in [1.29, 1.82) is 0 Å². The van der Waals surface area contributed by atoms with Crippen LogP contribution in [0.4, 0.5) is 0 Å². The van der Waals surface area contributed by atoms with Crippen molar-refractivity contribution in [2.45, 2.75) is 0 Å². The van der Waals surface area contributed by atoms with Gasteiger partial charge in [-0.2, -0.15) is 0 Å². The zero-order valence-corrected chi connectivity index (χ0v) is 7.84. The molecule has 0 fully saturated rings. The van der Waals surface area contributed by atoms with Crippen LogP contribution in [0, 0.1) is 0 Å². The minimum Gasteiger partial charge on any atom is -0.437 e. The van der Waals surface area contributed by atoms with E-state index in [0.29, 0.717) is 5.89 Å². The Kier molecular flexibility index (Phi) is 1.73. The number of hydrogen-bond acceptors (Lipinski definition) is 2. The summed E-state index contributed by atoms with van der Waals surface area (Å²) in [6, 6.07) is 5.70. The van der Waals surface area contributed by atoms with Crippen LogP contribution in [0.3, 0.4) is 0 Å². The quantitative estimate of drug-likeness (QED) is 0.743. The zero-order valence-electron chi connectivity index (χ0n) is 6.25. The van der Waals surface area contributed by atoms with Crippen molar-refractivity contribution in [3.05, 3.63) is 35.1 Å². The Balaban J connectivity index is 2.75. The molecule has 0 spiro atoms. The van der Waals surface area contributed by atoms with Gasteiger partial charge in [-0.15, -0.1) is 0 Å². The monoisotopic (exact) mass is 223 g/mol. The van der Waals surface area contributed by atoms with Crippen LogP contribution in [0.15, 0.2) is 33.7 Å². The summed E-state index contributed by atoms with van der Waals surface area (Å²) in [6.45, 7) is 3.58. The predicted octanol–water partition coefficient (Wildman–Crippen LogP) is 3.23. The molecular weight excluding hydrogens is 218 g/mol. The molecule has 0 bridgehead atoms. The van der Waals surface area contributed by atoms with Crippen molar-refractivity contribution >= 4 is 33.1 Å². The summed E-state index contributed by atoms with van der Waals surface area (Å²) in [5.74, 6) is 0.558. The maximum Gasteiger partial charge on any atom is 0.219 e. The van der Waals surface area contributed by atoms with Crippen molar-refractivity contribution in [2.75, 3.05) is 0 Å². The first-order valence-electron chi connectivity index (χ1n) is 3.48. The number of halogens is 1. The van der Waals surface area contributed by atoms with E-state index in [0.717, 1.165) is 15.6 Å². The standard InChI is InChI=1S/C9H6BrNO/c1-2-9-11-7-5-6(10)3-4-8(7)12-9/h2-5H,1H2. The first-order valence-corrected chi connectivity index (χ1v) is 4.27. The third kappa shape index (κ3) is 1.16. The molecule has 0 N–H and O–H groups in total. The lowest BCUT2D eigenvalue weighted by atomic mass is 10.3. The summed E-state index contributed by atoms with van der Waals surface area (Å²) in [6.07, 6.45) is 1.59. The van der Waals surface area contributed by atoms with E-state index in [4.69, 9.17) is 4.42 Å². The minimum atomic E-state index is 0.558. The van der Waals surface area contributed by atoms with Gasteiger partial charge in [-0.3, -0.25) is 0 Å². The second-order valence-electron chi connectivity index (χ2n) is 2.37. The van der Waals surface area contributed by atoms with Gasteiger partial charge in [-0.1, -0.05) is 22.5 Å². The Bertz CT molecular complexity index is 433. The van der Waals surface area contributed by atoms with Crippen LogP contribution in [0.25, 0.3) is 17.2 Å². The number of hydrogen-bond donors (Lipinski definition) is 0. The van der Waals surface area contributed by atoms with Gasteiger partial charge in [0, 0.05) is 4.47 Å². The van der Waals surface area contributed by atoms with Gasteiger partial charge in [-0.05, 0) is 24.3 Å². The first kappa shape index (κ1) is 7.55. The third-order valence-electron chi connectivity index (χ3n) is 1.54. The Hall–Kier alpha value is -1.09. The van der Waals surface area contributed by atoms with Crippen molar-refractivity contribution in [3.8, 4) is 0 Å². The van der Waals surface area contributed by atoms with Crippen LogP contribution in [-0.2, 0) is 0 Å². The molecule has 0 aliphatic heterocycles. The molecule has 3 heteroatoms. The molecule has 60 valence electrons. The summed E-state index contributed by atoms with van der Waals surface area (Å²) in [5, 5.41) is 0. The molecule has 0 aliphatic rings. The van der Waals surface area contributed by atoms with Gasteiger partial charge in [0.15, 0.2) is 5.58 Å². The summed E-state index contributed by atoms with van der Waals surface area (Å²) < 4.78 is 6.32. The van der Waals surface area contributed by atoms with E-state index in [1.807, 2.05) is 18.2 Å². The Morgan fingerprint density at radius 3 is 3.08 bits per heavy atom. The second kappa shape index (κ2) is 2.75. The fraction of sp³-hybridized carbons (Fsp3) is 0. The lowest BCUT2D eigenvalue weighted by Gasteiger charge is -1.85. The van der Waals surface area contributed by atoms with E-state index in [1.165, 1.54) is 0 Å². The molecule has 0 unspecified atom stereocenters. The predicted molar refractivity (Wildman–Crippen MR) is 51.8 cm³/mol.